The number of hydrogen-bond acceptors (Lipinski definition) is 3. The van der Waals surface area contributed by atoms with Gasteiger partial charge in [0.25, 0.3) is 0 Å². The smallest absolute Gasteiger partial charge is 0.105 e. The molecule has 0 saturated heterocycles. The van der Waals surface area contributed by atoms with Crippen LogP contribution < -0.4 is 11.1 Å². The van der Waals surface area contributed by atoms with Crippen molar-refractivity contribution >= 4 is 11.4 Å². The van der Waals surface area contributed by atoms with E-state index in [1.165, 1.54) is 0 Å². The molecule has 0 spiro atoms. The van der Waals surface area contributed by atoms with E-state index in [9.17, 15) is 0 Å². The molecule has 0 fully saturated rings. The van der Waals surface area contributed by atoms with Gasteiger partial charge in [-0.3, -0.25) is 0 Å². The average Bonchev–Trinajstić information content (AvgIpc) is 2.74. The van der Waals surface area contributed by atoms with Crippen molar-refractivity contribution in [2.24, 2.45) is 0 Å². The average molecular weight is 202 g/mol. The molecule has 0 bridgehead atoms. The number of para-hydroxylation sites is 2. The van der Waals surface area contributed by atoms with Crippen molar-refractivity contribution < 1.29 is 4.42 Å². The topological polar surface area (TPSA) is 51.2 Å². The molecule has 2 aromatic rings. The van der Waals surface area contributed by atoms with Gasteiger partial charge in [0.2, 0.25) is 0 Å². The molecule has 0 saturated carbocycles. The zero-order valence-corrected chi connectivity index (χ0v) is 8.44. The van der Waals surface area contributed by atoms with Gasteiger partial charge < -0.3 is 15.5 Å². The molecule has 2 rings (SSSR count). The van der Waals surface area contributed by atoms with E-state index in [0.717, 1.165) is 30.1 Å². The third kappa shape index (κ3) is 2.53. The summed E-state index contributed by atoms with van der Waals surface area (Å²) in [5.41, 5.74) is 7.55. The lowest BCUT2D eigenvalue weighted by atomic mass is 10.2. The Labute approximate surface area is 88.9 Å². The van der Waals surface area contributed by atoms with Crippen LogP contribution in [0.2, 0.25) is 0 Å². The Morgan fingerprint density at radius 1 is 1.13 bits per heavy atom. The molecule has 0 aliphatic heterocycles. The Morgan fingerprint density at radius 2 is 2.00 bits per heavy atom. The van der Waals surface area contributed by atoms with Crippen LogP contribution in [-0.2, 0) is 6.42 Å². The molecule has 0 unspecified atom stereocenters. The third-order valence-corrected chi connectivity index (χ3v) is 2.23. The largest absolute Gasteiger partial charge is 0.469 e. The highest BCUT2D eigenvalue weighted by Gasteiger charge is 1.98. The van der Waals surface area contributed by atoms with Crippen molar-refractivity contribution in [3.63, 3.8) is 0 Å². The quantitative estimate of drug-likeness (QED) is 0.749. The van der Waals surface area contributed by atoms with Gasteiger partial charge in [-0.05, 0) is 24.3 Å². The normalized spacial score (nSPS) is 10.1. The Hall–Kier alpha value is -1.90. The molecule has 1 aromatic heterocycles. The molecule has 3 nitrogen and oxygen atoms in total. The molecule has 78 valence electrons. The van der Waals surface area contributed by atoms with Gasteiger partial charge in [0.1, 0.15) is 5.76 Å². The Kier molecular flexibility index (Phi) is 2.93. The summed E-state index contributed by atoms with van der Waals surface area (Å²) in [6.07, 6.45) is 2.55. The molecule has 3 heteroatoms. The zero-order chi connectivity index (χ0) is 10.5. The molecule has 0 aliphatic rings. The van der Waals surface area contributed by atoms with E-state index in [2.05, 4.69) is 5.32 Å². The van der Waals surface area contributed by atoms with Crippen molar-refractivity contribution in [3.8, 4) is 0 Å². The van der Waals surface area contributed by atoms with Crippen molar-refractivity contribution in [2.75, 3.05) is 17.6 Å². The van der Waals surface area contributed by atoms with E-state index in [1.54, 1.807) is 6.26 Å². The van der Waals surface area contributed by atoms with Crippen LogP contribution in [0, 0.1) is 0 Å². The summed E-state index contributed by atoms with van der Waals surface area (Å²) in [7, 11) is 0. The molecule has 0 amide bonds. The molecule has 0 atom stereocenters. The molecular weight excluding hydrogens is 188 g/mol. The molecule has 1 heterocycles. The number of hydrogen-bond donors (Lipinski definition) is 2. The summed E-state index contributed by atoms with van der Waals surface area (Å²) < 4.78 is 5.23. The van der Waals surface area contributed by atoms with Gasteiger partial charge in [0.05, 0.1) is 17.6 Å². The van der Waals surface area contributed by atoms with Gasteiger partial charge in [0.15, 0.2) is 0 Å². The minimum atomic E-state index is 0.775. The van der Waals surface area contributed by atoms with Crippen molar-refractivity contribution in [2.45, 2.75) is 6.42 Å². The number of nitrogen functional groups attached to an aromatic ring is 1. The SMILES string of the molecule is Nc1ccccc1NCCc1ccco1. The van der Waals surface area contributed by atoms with Crippen LogP contribution in [0.1, 0.15) is 5.76 Å². The van der Waals surface area contributed by atoms with Crippen molar-refractivity contribution in [1.82, 2.24) is 0 Å². The van der Waals surface area contributed by atoms with Crippen LogP contribution >= 0.6 is 0 Å². The van der Waals surface area contributed by atoms with Gasteiger partial charge in [0, 0.05) is 13.0 Å². The maximum Gasteiger partial charge on any atom is 0.105 e. The predicted molar refractivity (Wildman–Crippen MR) is 61.8 cm³/mol. The first-order chi connectivity index (χ1) is 7.36. The number of rotatable bonds is 4. The lowest BCUT2D eigenvalue weighted by molar-refractivity contribution is 0.513. The lowest BCUT2D eigenvalue weighted by Gasteiger charge is -2.07. The Morgan fingerprint density at radius 3 is 2.73 bits per heavy atom. The minimum Gasteiger partial charge on any atom is -0.469 e. The second-order valence-electron chi connectivity index (χ2n) is 3.34. The highest BCUT2D eigenvalue weighted by molar-refractivity contribution is 5.65. The fourth-order valence-corrected chi connectivity index (χ4v) is 1.43. The third-order valence-electron chi connectivity index (χ3n) is 2.23. The minimum absolute atomic E-state index is 0.775. The van der Waals surface area contributed by atoms with Crippen LogP contribution in [0.25, 0.3) is 0 Å². The fraction of sp³-hybridized carbons (Fsp3) is 0.167. The molecule has 0 radical (unpaired) electrons. The number of nitrogens with two attached hydrogens (primary N) is 1. The van der Waals surface area contributed by atoms with Gasteiger partial charge in [-0.1, -0.05) is 12.1 Å². The van der Waals surface area contributed by atoms with E-state index < -0.39 is 0 Å². The molecule has 1 aromatic carbocycles. The first-order valence-electron chi connectivity index (χ1n) is 4.97. The highest BCUT2D eigenvalue weighted by Crippen LogP contribution is 2.16. The van der Waals surface area contributed by atoms with E-state index in [1.807, 2.05) is 36.4 Å². The first-order valence-corrected chi connectivity index (χ1v) is 4.97. The van der Waals surface area contributed by atoms with E-state index in [0.29, 0.717) is 0 Å². The summed E-state index contributed by atoms with van der Waals surface area (Å²) in [6, 6.07) is 11.6. The Balaban J connectivity index is 1.86. The number of benzene rings is 1. The van der Waals surface area contributed by atoms with E-state index >= 15 is 0 Å². The molecule has 3 N–H and O–H groups in total. The number of anilines is 2. The molecular formula is C12H14N2O. The summed E-state index contributed by atoms with van der Waals surface area (Å²) in [5.74, 6) is 0.983. The van der Waals surface area contributed by atoms with E-state index in [-0.39, 0.29) is 0 Å². The monoisotopic (exact) mass is 202 g/mol. The number of furan rings is 1. The van der Waals surface area contributed by atoms with Crippen LogP contribution in [0.15, 0.2) is 47.1 Å². The molecule has 15 heavy (non-hydrogen) atoms. The van der Waals surface area contributed by atoms with Crippen LogP contribution in [0.5, 0.6) is 0 Å². The lowest BCUT2D eigenvalue weighted by Crippen LogP contribution is -2.06. The molecule has 0 aliphatic carbocycles. The Bertz CT molecular complexity index is 409. The van der Waals surface area contributed by atoms with Crippen LogP contribution in [0.4, 0.5) is 11.4 Å². The van der Waals surface area contributed by atoms with Crippen LogP contribution in [0.3, 0.4) is 0 Å². The van der Waals surface area contributed by atoms with Gasteiger partial charge in [-0.2, -0.15) is 0 Å². The maximum atomic E-state index is 5.79. The van der Waals surface area contributed by atoms with Crippen LogP contribution in [-0.4, -0.2) is 6.54 Å². The van der Waals surface area contributed by atoms with Gasteiger partial charge in [-0.15, -0.1) is 0 Å². The summed E-state index contributed by atoms with van der Waals surface area (Å²) >= 11 is 0. The predicted octanol–water partition coefficient (Wildman–Crippen LogP) is 2.52. The van der Waals surface area contributed by atoms with E-state index in [4.69, 9.17) is 10.2 Å². The van der Waals surface area contributed by atoms with Gasteiger partial charge >= 0.3 is 0 Å². The fourth-order valence-electron chi connectivity index (χ4n) is 1.43. The van der Waals surface area contributed by atoms with Gasteiger partial charge in [-0.25, -0.2) is 0 Å². The second-order valence-corrected chi connectivity index (χ2v) is 3.34. The maximum absolute atomic E-state index is 5.79. The standard InChI is InChI=1S/C12H14N2O/c13-11-5-1-2-6-12(11)14-8-7-10-4-3-9-15-10/h1-6,9,14H,7-8,13H2. The highest BCUT2D eigenvalue weighted by atomic mass is 16.3. The van der Waals surface area contributed by atoms with Crippen molar-refractivity contribution in [1.29, 1.82) is 0 Å². The number of nitrogens with one attached hydrogen (secondary N) is 1. The zero-order valence-electron chi connectivity index (χ0n) is 8.44. The summed E-state index contributed by atoms with van der Waals surface area (Å²) in [4.78, 5) is 0. The first kappa shape index (κ1) is 9.65. The second kappa shape index (κ2) is 4.55. The summed E-state index contributed by atoms with van der Waals surface area (Å²) in [5, 5.41) is 3.27. The summed E-state index contributed by atoms with van der Waals surface area (Å²) in [6.45, 7) is 0.821. The van der Waals surface area contributed by atoms with Crippen molar-refractivity contribution in [3.05, 3.63) is 48.4 Å².